The van der Waals surface area contributed by atoms with Gasteiger partial charge in [-0.05, 0) is 87.5 Å². The second kappa shape index (κ2) is 12.7. The van der Waals surface area contributed by atoms with Crippen LogP contribution in [0.1, 0.15) is 22.3 Å². The van der Waals surface area contributed by atoms with Gasteiger partial charge in [0.15, 0.2) is 0 Å². The van der Waals surface area contributed by atoms with E-state index in [1.807, 2.05) is 18.2 Å². The lowest BCUT2D eigenvalue weighted by Gasteiger charge is -2.35. The summed E-state index contributed by atoms with van der Waals surface area (Å²) in [5.41, 5.74) is 15.9. The van der Waals surface area contributed by atoms with Crippen LogP contribution < -0.4 is 4.90 Å². The van der Waals surface area contributed by atoms with Gasteiger partial charge in [-0.2, -0.15) is 0 Å². The fourth-order valence-corrected chi connectivity index (χ4v) is 9.72. The highest BCUT2D eigenvalue weighted by Crippen LogP contribution is 2.57. The minimum Gasteiger partial charge on any atom is -0.456 e. The molecule has 0 atom stereocenters. The molecular formula is C55H35NO2. The first-order chi connectivity index (χ1) is 28.8. The molecule has 2 heterocycles. The van der Waals surface area contributed by atoms with Gasteiger partial charge in [-0.15, -0.1) is 0 Å². The summed E-state index contributed by atoms with van der Waals surface area (Å²) in [6.07, 6.45) is 0. The topological polar surface area (TPSA) is 29.5 Å². The van der Waals surface area contributed by atoms with Crippen molar-refractivity contribution in [2.24, 2.45) is 0 Å². The number of hydrogen-bond acceptors (Lipinski definition) is 3. The van der Waals surface area contributed by atoms with Crippen LogP contribution in [0, 0.1) is 0 Å². The molecule has 0 unspecified atom stereocenters. The van der Waals surface area contributed by atoms with Crippen molar-refractivity contribution in [2.75, 3.05) is 4.90 Å². The number of fused-ring (bicyclic) bond motifs is 9. The average molecular weight is 742 g/mol. The van der Waals surface area contributed by atoms with Crippen molar-refractivity contribution in [3.63, 3.8) is 0 Å². The molecule has 0 fully saturated rings. The number of benzene rings is 9. The van der Waals surface area contributed by atoms with Crippen LogP contribution in [0.25, 0.3) is 66.1 Å². The maximum Gasteiger partial charge on any atom is 0.143 e. The second-order valence-corrected chi connectivity index (χ2v) is 15.2. The van der Waals surface area contributed by atoms with Crippen molar-refractivity contribution in [1.29, 1.82) is 0 Å². The third-order valence-electron chi connectivity index (χ3n) is 12.2. The van der Waals surface area contributed by atoms with E-state index in [0.29, 0.717) is 0 Å². The van der Waals surface area contributed by atoms with Gasteiger partial charge in [0.2, 0.25) is 0 Å². The third-order valence-corrected chi connectivity index (χ3v) is 12.2. The zero-order chi connectivity index (χ0) is 38.2. The van der Waals surface area contributed by atoms with Gasteiger partial charge in [0.1, 0.15) is 22.3 Å². The predicted molar refractivity (Wildman–Crippen MR) is 238 cm³/mol. The van der Waals surface area contributed by atoms with Crippen molar-refractivity contribution < 1.29 is 8.83 Å². The summed E-state index contributed by atoms with van der Waals surface area (Å²) in [5, 5.41) is 4.41. The Hall–Kier alpha value is -7.62. The van der Waals surface area contributed by atoms with E-state index >= 15 is 0 Å². The van der Waals surface area contributed by atoms with Gasteiger partial charge in [0.05, 0.1) is 16.5 Å². The van der Waals surface area contributed by atoms with E-state index in [4.69, 9.17) is 8.83 Å². The Balaban J connectivity index is 1.09. The second-order valence-electron chi connectivity index (χ2n) is 15.2. The van der Waals surface area contributed by atoms with E-state index in [9.17, 15) is 0 Å². The maximum absolute atomic E-state index is 6.48. The van der Waals surface area contributed by atoms with Gasteiger partial charge in [-0.3, -0.25) is 0 Å². The van der Waals surface area contributed by atoms with Crippen LogP contribution in [0.15, 0.2) is 221 Å². The summed E-state index contributed by atoms with van der Waals surface area (Å²) in [6.45, 7) is 0. The number of rotatable bonds is 6. The first-order valence-corrected chi connectivity index (χ1v) is 19.8. The molecule has 0 spiro atoms. The highest BCUT2D eigenvalue weighted by atomic mass is 16.3. The molecule has 3 nitrogen and oxygen atoms in total. The Morgan fingerprint density at radius 2 is 0.931 bits per heavy atom. The minimum atomic E-state index is -0.528. The molecule has 12 rings (SSSR count). The Bertz CT molecular complexity index is 3310. The summed E-state index contributed by atoms with van der Waals surface area (Å²) >= 11 is 0. The lowest BCUT2D eigenvalue weighted by Crippen LogP contribution is -2.28. The first kappa shape index (κ1) is 32.6. The minimum absolute atomic E-state index is 0.528. The molecule has 0 saturated carbocycles. The summed E-state index contributed by atoms with van der Waals surface area (Å²) < 4.78 is 12.9. The largest absolute Gasteiger partial charge is 0.456 e. The summed E-state index contributed by atoms with van der Waals surface area (Å²) in [4.78, 5) is 2.39. The normalized spacial score (nSPS) is 13.0. The van der Waals surface area contributed by atoms with E-state index in [1.54, 1.807) is 0 Å². The molecule has 272 valence electrons. The average Bonchev–Trinajstić information content (AvgIpc) is 3.96. The molecule has 1 aliphatic rings. The highest BCUT2D eigenvalue weighted by molar-refractivity contribution is 6.13. The van der Waals surface area contributed by atoms with Crippen molar-refractivity contribution in [3.05, 3.63) is 235 Å². The molecule has 11 aromatic rings. The first-order valence-electron chi connectivity index (χ1n) is 19.8. The van der Waals surface area contributed by atoms with Crippen LogP contribution >= 0.6 is 0 Å². The molecular weight excluding hydrogens is 707 g/mol. The van der Waals surface area contributed by atoms with Crippen LogP contribution in [0.3, 0.4) is 0 Å². The summed E-state index contributed by atoms with van der Waals surface area (Å²) in [5.74, 6) is 0. The summed E-state index contributed by atoms with van der Waals surface area (Å²) in [6, 6.07) is 76.3. The number of anilines is 3. The molecule has 0 aliphatic heterocycles. The van der Waals surface area contributed by atoms with Gasteiger partial charge in [0, 0.05) is 33.1 Å². The van der Waals surface area contributed by atoms with E-state index in [1.165, 1.54) is 33.4 Å². The zero-order valence-electron chi connectivity index (χ0n) is 31.5. The quantitative estimate of drug-likeness (QED) is 0.170. The number of hydrogen-bond donors (Lipinski definition) is 0. The van der Waals surface area contributed by atoms with Gasteiger partial charge in [-0.25, -0.2) is 0 Å². The molecule has 0 saturated heterocycles. The number of nitrogens with zero attached hydrogens (tertiary/aromatic N) is 1. The molecule has 0 amide bonds. The molecule has 0 radical (unpaired) electrons. The lowest BCUT2D eigenvalue weighted by atomic mass is 9.67. The van der Waals surface area contributed by atoms with Gasteiger partial charge in [0.25, 0.3) is 0 Å². The monoisotopic (exact) mass is 741 g/mol. The van der Waals surface area contributed by atoms with Crippen molar-refractivity contribution in [2.45, 2.75) is 5.41 Å². The molecule has 0 N–H and O–H groups in total. The molecule has 58 heavy (non-hydrogen) atoms. The van der Waals surface area contributed by atoms with E-state index in [2.05, 4.69) is 199 Å². The van der Waals surface area contributed by atoms with Crippen LogP contribution in [0.4, 0.5) is 17.1 Å². The molecule has 3 heteroatoms. The van der Waals surface area contributed by atoms with Gasteiger partial charge in [-0.1, -0.05) is 164 Å². The fourth-order valence-electron chi connectivity index (χ4n) is 9.72. The lowest BCUT2D eigenvalue weighted by molar-refractivity contribution is 0.669. The smallest absolute Gasteiger partial charge is 0.143 e. The van der Waals surface area contributed by atoms with E-state index in [0.717, 1.165) is 72.1 Å². The van der Waals surface area contributed by atoms with E-state index in [-0.39, 0.29) is 0 Å². The Morgan fingerprint density at radius 1 is 0.362 bits per heavy atom. The Labute approximate surface area is 335 Å². The SMILES string of the molecule is c1ccc(C2(c3cccc(N(c4ccc(-c5cccc6c5oc5ccccc56)cc4)c4cccc5oc6ccccc6c45)c3)c3ccccc3-c3ccccc32)cc1. The number of para-hydroxylation sites is 3. The maximum atomic E-state index is 6.48. The predicted octanol–water partition coefficient (Wildman–Crippen LogP) is 15.0. The van der Waals surface area contributed by atoms with Crippen LogP contribution in [-0.2, 0) is 5.41 Å². The van der Waals surface area contributed by atoms with Crippen LogP contribution in [-0.4, -0.2) is 0 Å². The van der Waals surface area contributed by atoms with Crippen LogP contribution in [0.2, 0.25) is 0 Å². The summed E-state index contributed by atoms with van der Waals surface area (Å²) in [7, 11) is 0. The third kappa shape index (κ3) is 4.68. The molecule has 9 aromatic carbocycles. The van der Waals surface area contributed by atoms with Gasteiger partial charge < -0.3 is 13.7 Å². The van der Waals surface area contributed by atoms with Gasteiger partial charge >= 0.3 is 0 Å². The molecule has 0 bridgehead atoms. The van der Waals surface area contributed by atoms with E-state index < -0.39 is 5.41 Å². The number of furan rings is 2. The Morgan fingerprint density at radius 3 is 1.71 bits per heavy atom. The Kier molecular flexibility index (Phi) is 7.14. The van der Waals surface area contributed by atoms with Crippen molar-refractivity contribution >= 4 is 60.9 Å². The van der Waals surface area contributed by atoms with Crippen molar-refractivity contribution in [1.82, 2.24) is 0 Å². The van der Waals surface area contributed by atoms with Crippen LogP contribution in [0.5, 0.6) is 0 Å². The van der Waals surface area contributed by atoms with Crippen molar-refractivity contribution in [3.8, 4) is 22.3 Å². The highest BCUT2D eigenvalue weighted by Gasteiger charge is 2.46. The zero-order valence-corrected chi connectivity index (χ0v) is 31.5. The standard InChI is InChI=1S/C55H35NO2/c1-2-15-37(16-3-1)55(47-25-8-4-19-42(47)43-20-5-9-26-48(43)55)38-17-12-18-40(35-38)56(49-27-14-30-52-53(49)46-22-7-11-29-51(46)57-52)39-33-31-36(32-34-39)41-23-13-24-45-44-21-6-10-28-50(44)58-54(41)45/h1-35H. The fraction of sp³-hybridized carbons (Fsp3) is 0.0182. The molecule has 1 aliphatic carbocycles. The molecule has 2 aromatic heterocycles.